The van der Waals surface area contributed by atoms with Crippen LogP contribution in [0.5, 0.6) is 0 Å². The van der Waals surface area contributed by atoms with Gasteiger partial charge in [-0.2, -0.15) is 0 Å². The van der Waals surface area contributed by atoms with Gasteiger partial charge in [-0.25, -0.2) is 0 Å². The molecular formula is C17H20N2O2. The van der Waals surface area contributed by atoms with Crippen molar-refractivity contribution < 1.29 is 4.92 Å². The van der Waals surface area contributed by atoms with E-state index in [1.54, 1.807) is 18.2 Å². The van der Waals surface area contributed by atoms with E-state index >= 15 is 0 Å². The van der Waals surface area contributed by atoms with E-state index in [0.717, 1.165) is 5.56 Å². The van der Waals surface area contributed by atoms with Gasteiger partial charge in [0.25, 0.3) is 5.69 Å². The molecule has 0 bridgehead atoms. The van der Waals surface area contributed by atoms with Gasteiger partial charge in [0, 0.05) is 17.7 Å². The fourth-order valence-electron chi connectivity index (χ4n) is 2.34. The molecule has 0 aromatic heterocycles. The molecule has 0 saturated carbocycles. The molecule has 0 aliphatic rings. The molecule has 0 spiro atoms. The standard InChI is InChI=1S/C17H20N2O2/c1-12(2)13-7-9-14(10-8-13)16(18)11-15-5-3-4-6-17(15)19(20)21/h3-10,12,16H,11,18H2,1-2H3. The highest BCUT2D eigenvalue weighted by molar-refractivity contribution is 5.41. The van der Waals surface area contributed by atoms with Crippen LogP contribution in [-0.2, 0) is 6.42 Å². The first-order valence-corrected chi connectivity index (χ1v) is 7.06. The maximum atomic E-state index is 11.0. The van der Waals surface area contributed by atoms with Crippen molar-refractivity contribution in [2.75, 3.05) is 0 Å². The summed E-state index contributed by atoms with van der Waals surface area (Å²) in [6.45, 7) is 4.28. The molecule has 0 radical (unpaired) electrons. The van der Waals surface area contributed by atoms with E-state index in [0.29, 0.717) is 17.9 Å². The summed E-state index contributed by atoms with van der Waals surface area (Å²) in [5.41, 5.74) is 9.26. The van der Waals surface area contributed by atoms with Crippen LogP contribution < -0.4 is 5.73 Å². The van der Waals surface area contributed by atoms with E-state index in [1.165, 1.54) is 11.6 Å². The van der Waals surface area contributed by atoms with Gasteiger partial charge in [-0.3, -0.25) is 10.1 Å². The Morgan fingerprint density at radius 2 is 1.62 bits per heavy atom. The van der Waals surface area contributed by atoms with Gasteiger partial charge in [-0.05, 0) is 23.5 Å². The molecule has 1 unspecified atom stereocenters. The predicted octanol–water partition coefficient (Wildman–Crippen LogP) is 3.96. The van der Waals surface area contributed by atoms with Gasteiger partial charge in [0.2, 0.25) is 0 Å². The summed E-state index contributed by atoms with van der Waals surface area (Å²) in [6, 6.07) is 14.7. The molecule has 1 atom stereocenters. The molecule has 0 fully saturated rings. The predicted molar refractivity (Wildman–Crippen MR) is 84.3 cm³/mol. The Bertz CT molecular complexity index is 621. The van der Waals surface area contributed by atoms with Crippen molar-refractivity contribution in [2.24, 2.45) is 5.73 Å². The first kappa shape index (κ1) is 15.2. The zero-order chi connectivity index (χ0) is 15.4. The molecule has 4 heteroatoms. The van der Waals surface area contributed by atoms with E-state index in [2.05, 4.69) is 26.0 Å². The van der Waals surface area contributed by atoms with Crippen LogP contribution in [0.15, 0.2) is 48.5 Å². The molecule has 2 aromatic carbocycles. The monoisotopic (exact) mass is 284 g/mol. The quantitative estimate of drug-likeness (QED) is 0.667. The summed E-state index contributed by atoms with van der Waals surface area (Å²) in [6.07, 6.45) is 0.457. The maximum absolute atomic E-state index is 11.0. The van der Waals surface area contributed by atoms with Crippen LogP contribution in [-0.4, -0.2) is 4.92 Å². The summed E-state index contributed by atoms with van der Waals surface area (Å²) in [7, 11) is 0. The summed E-state index contributed by atoms with van der Waals surface area (Å²) in [4.78, 5) is 10.7. The van der Waals surface area contributed by atoms with Gasteiger partial charge in [0.15, 0.2) is 0 Å². The van der Waals surface area contributed by atoms with Gasteiger partial charge in [0.1, 0.15) is 0 Å². The van der Waals surface area contributed by atoms with Gasteiger partial charge in [-0.1, -0.05) is 56.3 Å². The average Bonchev–Trinajstić information content (AvgIpc) is 2.47. The maximum Gasteiger partial charge on any atom is 0.272 e. The molecule has 2 aromatic rings. The lowest BCUT2D eigenvalue weighted by molar-refractivity contribution is -0.385. The first-order chi connectivity index (χ1) is 9.99. The van der Waals surface area contributed by atoms with E-state index in [4.69, 9.17) is 5.73 Å². The minimum atomic E-state index is -0.357. The van der Waals surface area contributed by atoms with Gasteiger partial charge >= 0.3 is 0 Å². The summed E-state index contributed by atoms with van der Waals surface area (Å²) >= 11 is 0. The number of nitrogens with zero attached hydrogens (tertiary/aromatic N) is 1. The SMILES string of the molecule is CC(C)c1ccc(C(N)Cc2ccccc2[N+](=O)[O-])cc1. The fourth-order valence-corrected chi connectivity index (χ4v) is 2.34. The normalized spacial score (nSPS) is 12.4. The highest BCUT2D eigenvalue weighted by Crippen LogP contribution is 2.24. The lowest BCUT2D eigenvalue weighted by atomic mass is 9.95. The highest BCUT2D eigenvalue weighted by Gasteiger charge is 2.16. The van der Waals surface area contributed by atoms with Crippen LogP contribution in [0.4, 0.5) is 5.69 Å². The second-order valence-corrected chi connectivity index (χ2v) is 5.52. The number of hydrogen-bond acceptors (Lipinski definition) is 3. The van der Waals surface area contributed by atoms with Crippen LogP contribution in [0.3, 0.4) is 0 Å². The number of hydrogen-bond donors (Lipinski definition) is 1. The topological polar surface area (TPSA) is 69.2 Å². The first-order valence-electron chi connectivity index (χ1n) is 7.06. The number of benzene rings is 2. The molecule has 0 aliphatic heterocycles. The molecule has 110 valence electrons. The van der Waals surface area contributed by atoms with Gasteiger partial charge < -0.3 is 5.73 Å². The highest BCUT2D eigenvalue weighted by atomic mass is 16.6. The van der Waals surface area contributed by atoms with Crippen molar-refractivity contribution in [1.82, 2.24) is 0 Å². The van der Waals surface area contributed by atoms with E-state index in [1.807, 2.05) is 12.1 Å². The van der Waals surface area contributed by atoms with Crippen LogP contribution in [0.25, 0.3) is 0 Å². The number of nitro benzene ring substituents is 1. The van der Waals surface area contributed by atoms with E-state index in [-0.39, 0.29) is 16.7 Å². The number of rotatable bonds is 5. The van der Waals surface area contributed by atoms with Crippen molar-refractivity contribution in [2.45, 2.75) is 32.2 Å². The Hall–Kier alpha value is -2.20. The third kappa shape index (κ3) is 3.67. The Morgan fingerprint density at radius 3 is 2.19 bits per heavy atom. The largest absolute Gasteiger partial charge is 0.324 e. The third-order valence-corrected chi connectivity index (χ3v) is 3.66. The van der Waals surface area contributed by atoms with Crippen LogP contribution in [0.2, 0.25) is 0 Å². The Balaban J connectivity index is 2.18. The van der Waals surface area contributed by atoms with Crippen molar-refractivity contribution in [3.8, 4) is 0 Å². The zero-order valence-electron chi connectivity index (χ0n) is 12.3. The van der Waals surface area contributed by atoms with Crippen molar-refractivity contribution in [3.05, 3.63) is 75.3 Å². The van der Waals surface area contributed by atoms with Crippen molar-refractivity contribution >= 4 is 5.69 Å². The molecule has 4 nitrogen and oxygen atoms in total. The zero-order valence-corrected chi connectivity index (χ0v) is 12.3. The van der Waals surface area contributed by atoms with Crippen LogP contribution in [0, 0.1) is 10.1 Å². The Labute approximate surface area is 124 Å². The van der Waals surface area contributed by atoms with E-state index < -0.39 is 0 Å². The van der Waals surface area contributed by atoms with Crippen LogP contribution in [0.1, 0.15) is 42.5 Å². The minimum absolute atomic E-state index is 0.131. The Morgan fingerprint density at radius 1 is 1.05 bits per heavy atom. The van der Waals surface area contributed by atoms with Crippen molar-refractivity contribution in [3.63, 3.8) is 0 Å². The summed E-state index contributed by atoms with van der Waals surface area (Å²) in [5, 5.41) is 11.0. The molecule has 0 heterocycles. The molecule has 0 aliphatic carbocycles. The van der Waals surface area contributed by atoms with Crippen molar-refractivity contribution in [1.29, 1.82) is 0 Å². The second-order valence-electron chi connectivity index (χ2n) is 5.52. The van der Waals surface area contributed by atoms with Gasteiger partial charge in [-0.15, -0.1) is 0 Å². The average molecular weight is 284 g/mol. The number of nitrogens with two attached hydrogens (primary N) is 1. The smallest absolute Gasteiger partial charge is 0.272 e. The molecule has 2 N–H and O–H groups in total. The molecule has 0 amide bonds. The number of nitro groups is 1. The molecular weight excluding hydrogens is 264 g/mol. The minimum Gasteiger partial charge on any atom is -0.324 e. The summed E-state index contributed by atoms with van der Waals surface area (Å²) in [5.74, 6) is 0.477. The second kappa shape index (κ2) is 6.50. The van der Waals surface area contributed by atoms with Gasteiger partial charge in [0.05, 0.1) is 4.92 Å². The molecule has 0 saturated heterocycles. The lowest BCUT2D eigenvalue weighted by Crippen LogP contribution is -2.14. The molecule has 2 rings (SSSR count). The number of para-hydroxylation sites is 1. The summed E-state index contributed by atoms with van der Waals surface area (Å²) < 4.78 is 0. The van der Waals surface area contributed by atoms with Crippen LogP contribution >= 0.6 is 0 Å². The van der Waals surface area contributed by atoms with E-state index in [9.17, 15) is 10.1 Å². The Kier molecular flexibility index (Phi) is 4.70. The lowest BCUT2D eigenvalue weighted by Gasteiger charge is -2.14. The third-order valence-electron chi connectivity index (χ3n) is 3.66. The molecule has 21 heavy (non-hydrogen) atoms. The fraction of sp³-hybridized carbons (Fsp3) is 0.294.